The van der Waals surface area contributed by atoms with Crippen LogP contribution in [0.25, 0.3) is 10.9 Å². The lowest BCUT2D eigenvalue weighted by Gasteiger charge is -2.23. The van der Waals surface area contributed by atoms with Crippen molar-refractivity contribution in [2.24, 2.45) is 5.73 Å². The molecule has 2 aromatic heterocycles. The second-order valence-electron chi connectivity index (χ2n) is 5.49. The van der Waals surface area contributed by atoms with Gasteiger partial charge in [0.05, 0.1) is 11.5 Å². The van der Waals surface area contributed by atoms with Crippen LogP contribution < -0.4 is 10.5 Å². The zero-order chi connectivity index (χ0) is 16.0. The van der Waals surface area contributed by atoms with E-state index in [2.05, 4.69) is 21.3 Å². The quantitative estimate of drug-likeness (QED) is 0.677. The van der Waals surface area contributed by atoms with E-state index < -0.39 is 0 Å². The van der Waals surface area contributed by atoms with Crippen LogP contribution in [0.5, 0.6) is 5.88 Å². The van der Waals surface area contributed by atoms with Gasteiger partial charge in [0.25, 0.3) is 0 Å². The Morgan fingerprint density at radius 2 is 2.22 bits per heavy atom. The number of nitriles is 1. The molecule has 6 heteroatoms. The molecule has 1 unspecified atom stereocenters. The monoisotopic (exact) mass is 305 g/mol. The van der Waals surface area contributed by atoms with Gasteiger partial charge in [0, 0.05) is 22.8 Å². The minimum absolute atomic E-state index is 0.115. The van der Waals surface area contributed by atoms with Crippen molar-refractivity contribution < 1.29 is 4.74 Å². The van der Waals surface area contributed by atoms with E-state index in [4.69, 9.17) is 10.5 Å². The fourth-order valence-corrected chi connectivity index (χ4v) is 3.22. The van der Waals surface area contributed by atoms with Gasteiger partial charge in [-0.05, 0) is 18.1 Å². The maximum Gasteiger partial charge on any atom is 0.244 e. The summed E-state index contributed by atoms with van der Waals surface area (Å²) in [5, 5.41) is 17.9. The van der Waals surface area contributed by atoms with Crippen molar-refractivity contribution in [1.82, 2.24) is 15.2 Å². The third-order valence-corrected chi connectivity index (χ3v) is 4.30. The molecular formula is C17H15N5O. The molecular weight excluding hydrogens is 290 g/mol. The maximum absolute atomic E-state index is 9.62. The third-order valence-electron chi connectivity index (χ3n) is 4.30. The van der Waals surface area contributed by atoms with E-state index in [0.717, 1.165) is 34.1 Å². The van der Waals surface area contributed by atoms with Gasteiger partial charge >= 0.3 is 0 Å². The Balaban J connectivity index is 2.02. The molecule has 1 atom stereocenters. The Bertz CT molecular complexity index is 972. The van der Waals surface area contributed by atoms with Crippen molar-refractivity contribution in [1.29, 1.82) is 5.26 Å². The van der Waals surface area contributed by atoms with E-state index in [1.807, 2.05) is 37.4 Å². The molecule has 3 heterocycles. The largest absolute Gasteiger partial charge is 0.420 e. The van der Waals surface area contributed by atoms with Crippen molar-refractivity contribution in [3.05, 3.63) is 58.7 Å². The summed E-state index contributed by atoms with van der Waals surface area (Å²) in [5.74, 6) is 0.284. The molecule has 0 saturated heterocycles. The summed E-state index contributed by atoms with van der Waals surface area (Å²) in [5.41, 5.74) is 10.2. The summed E-state index contributed by atoms with van der Waals surface area (Å²) in [6.45, 7) is 2.04. The van der Waals surface area contributed by atoms with Gasteiger partial charge in [-0.15, -0.1) is 5.10 Å². The summed E-state index contributed by atoms with van der Waals surface area (Å²) < 4.78 is 5.54. The number of nitrogens with one attached hydrogen (secondary N) is 2. The Hall–Kier alpha value is -3.20. The van der Waals surface area contributed by atoms with Crippen LogP contribution in [-0.4, -0.2) is 15.2 Å². The topological polar surface area (TPSA) is 104 Å². The zero-order valence-electron chi connectivity index (χ0n) is 12.6. The average molecular weight is 305 g/mol. The number of hydrogen-bond acceptors (Lipinski definition) is 4. The molecule has 0 spiro atoms. The number of allylic oxidation sites excluding steroid dienone is 1. The standard InChI is InChI=1S/C17H15N5O/c1-2-12-15-14(10(7-18)16(19)23-17(15)22-21-12)11-8-20-13-6-4-3-5-9(11)13/h3-6,8,14,20H,2,19H2,1H3,(H,21,22). The summed E-state index contributed by atoms with van der Waals surface area (Å²) in [6, 6.07) is 10.2. The molecule has 4 rings (SSSR count). The molecule has 3 aromatic rings. The molecule has 6 nitrogen and oxygen atoms in total. The van der Waals surface area contributed by atoms with E-state index in [0.29, 0.717) is 11.5 Å². The molecule has 0 radical (unpaired) electrons. The first kappa shape index (κ1) is 13.5. The van der Waals surface area contributed by atoms with Crippen LogP contribution in [0.2, 0.25) is 0 Å². The number of H-pyrrole nitrogens is 2. The number of aromatic amines is 2. The lowest BCUT2D eigenvalue weighted by atomic mass is 9.83. The highest BCUT2D eigenvalue weighted by Crippen LogP contribution is 2.44. The fraction of sp³-hybridized carbons (Fsp3) is 0.176. The highest BCUT2D eigenvalue weighted by molar-refractivity contribution is 5.85. The molecule has 0 saturated carbocycles. The smallest absolute Gasteiger partial charge is 0.244 e. The minimum Gasteiger partial charge on any atom is -0.420 e. The van der Waals surface area contributed by atoms with Crippen LogP contribution in [-0.2, 0) is 6.42 Å². The first-order valence-electron chi connectivity index (χ1n) is 7.45. The molecule has 1 aliphatic rings. The van der Waals surface area contributed by atoms with Gasteiger partial charge in [0.2, 0.25) is 11.8 Å². The van der Waals surface area contributed by atoms with Crippen LogP contribution in [0.4, 0.5) is 0 Å². The molecule has 0 bridgehead atoms. The summed E-state index contributed by atoms with van der Waals surface area (Å²) >= 11 is 0. The van der Waals surface area contributed by atoms with E-state index in [9.17, 15) is 5.26 Å². The van der Waals surface area contributed by atoms with Crippen LogP contribution >= 0.6 is 0 Å². The number of benzene rings is 1. The Labute approximate surface area is 132 Å². The van der Waals surface area contributed by atoms with E-state index in [-0.39, 0.29) is 11.8 Å². The number of para-hydroxylation sites is 1. The van der Waals surface area contributed by atoms with Gasteiger partial charge in [-0.25, -0.2) is 0 Å². The van der Waals surface area contributed by atoms with Crippen molar-refractivity contribution >= 4 is 10.9 Å². The fourth-order valence-electron chi connectivity index (χ4n) is 3.22. The Morgan fingerprint density at radius 3 is 3.00 bits per heavy atom. The molecule has 1 aromatic carbocycles. The SMILES string of the molecule is CCc1[nH]nc2c1C(c1c[nH]c3ccccc13)C(C#N)=C(N)O2. The lowest BCUT2D eigenvalue weighted by Crippen LogP contribution is -2.21. The Kier molecular flexibility index (Phi) is 2.88. The number of aromatic nitrogens is 3. The summed E-state index contributed by atoms with van der Waals surface area (Å²) in [4.78, 5) is 3.26. The number of rotatable bonds is 2. The van der Waals surface area contributed by atoms with Crippen LogP contribution in [0.15, 0.2) is 41.9 Å². The zero-order valence-corrected chi connectivity index (χ0v) is 12.6. The van der Waals surface area contributed by atoms with E-state index in [1.54, 1.807) is 0 Å². The van der Waals surface area contributed by atoms with Gasteiger partial charge in [-0.2, -0.15) is 5.26 Å². The molecule has 0 aliphatic carbocycles. The van der Waals surface area contributed by atoms with Crippen LogP contribution in [0.3, 0.4) is 0 Å². The van der Waals surface area contributed by atoms with Gasteiger partial charge < -0.3 is 15.5 Å². The normalized spacial score (nSPS) is 17.0. The van der Waals surface area contributed by atoms with Crippen molar-refractivity contribution in [2.75, 3.05) is 0 Å². The van der Waals surface area contributed by atoms with Crippen molar-refractivity contribution in [3.8, 4) is 11.9 Å². The molecule has 4 N–H and O–H groups in total. The van der Waals surface area contributed by atoms with Crippen LogP contribution in [0.1, 0.15) is 29.7 Å². The molecule has 114 valence electrons. The maximum atomic E-state index is 9.62. The van der Waals surface area contributed by atoms with Gasteiger partial charge in [0.1, 0.15) is 11.6 Å². The van der Waals surface area contributed by atoms with Gasteiger partial charge in [-0.3, -0.25) is 5.10 Å². The third kappa shape index (κ3) is 1.83. The highest BCUT2D eigenvalue weighted by atomic mass is 16.5. The first-order valence-corrected chi connectivity index (χ1v) is 7.45. The number of ether oxygens (including phenoxy) is 1. The van der Waals surface area contributed by atoms with Crippen molar-refractivity contribution in [2.45, 2.75) is 19.3 Å². The number of hydrogen-bond donors (Lipinski definition) is 3. The second-order valence-corrected chi connectivity index (χ2v) is 5.49. The second kappa shape index (κ2) is 4.92. The summed E-state index contributed by atoms with van der Waals surface area (Å²) in [6.07, 6.45) is 2.70. The first-order chi connectivity index (χ1) is 11.2. The van der Waals surface area contributed by atoms with Crippen molar-refractivity contribution in [3.63, 3.8) is 0 Å². The molecule has 0 amide bonds. The van der Waals surface area contributed by atoms with Gasteiger partial charge in [-0.1, -0.05) is 25.1 Å². The minimum atomic E-state index is -0.284. The predicted octanol–water partition coefficient (Wildman–Crippen LogP) is 2.67. The number of nitrogens with two attached hydrogens (primary N) is 1. The average Bonchev–Trinajstić information content (AvgIpc) is 3.17. The van der Waals surface area contributed by atoms with Gasteiger partial charge in [0.15, 0.2) is 0 Å². The number of fused-ring (bicyclic) bond motifs is 2. The Morgan fingerprint density at radius 1 is 1.39 bits per heavy atom. The molecule has 1 aliphatic heterocycles. The van der Waals surface area contributed by atoms with E-state index in [1.165, 1.54) is 0 Å². The summed E-state index contributed by atoms with van der Waals surface area (Å²) in [7, 11) is 0. The lowest BCUT2D eigenvalue weighted by molar-refractivity contribution is 0.379. The van der Waals surface area contributed by atoms with E-state index >= 15 is 0 Å². The number of nitrogens with zero attached hydrogens (tertiary/aromatic N) is 2. The molecule has 23 heavy (non-hydrogen) atoms. The number of aryl methyl sites for hydroxylation is 1. The highest BCUT2D eigenvalue weighted by Gasteiger charge is 2.35. The molecule has 0 fully saturated rings. The van der Waals surface area contributed by atoms with Crippen LogP contribution in [0, 0.1) is 11.3 Å². The predicted molar refractivity (Wildman–Crippen MR) is 85.6 cm³/mol.